The van der Waals surface area contributed by atoms with E-state index in [4.69, 9.17) is 32.7 Å². The number of ether oxygens (including phenoxy) is 2. The zero-order valence-corrected chi connectivity index (χ0v) is 19.7. The molecule has 6 nitrogen and oxygen atoms in total. The molecule has 2 atom stereocenters. The lowest BCUT2D eigenvalue weighted by Crippen LogP contribution is -2.42. The molecule has 1 aliphatic rings. The summed E-state index contributed by atoms with van der Waals surface area (Å²) in [4.78, 5) is 12.4. The van der Waals surface area contributed by atoms with Crippen molar-refractivity contribution >= 4 is 39.2 Å². The molecule has 0 saturated carbocycles. The third-order valence-corrected chi connectivity index (χ3v) is 7.41. The Morgan fingerprint density at radius 3 is 2.29 bits per heavy atom. The van der Waals surface area contributed by atoms with Gasteiger partial charge in [-0.2, -0.15) is 4.31 Å². The third-order valence-electron chi connectivity index (χ3n) is 5.03. The number of hydrogen-bond donors (Lipinski definition) is 0. The molecule has 168 valence electrons. The standard InChI is InChI=1S/C22H25Cl2NO5S/c1-15-11-16(2)14-25(13-15)31(27,28)19-6-3-17(4-7-19)22(26)30-10-9-29-21-8-5-18(23)12-20(21)24/h3-8,12,15-16H,9-11,13-14H2,1-2H3. The number of piperidine rings is 1. The van der Waals surface area contributed by atoms with E-state index in [1.807, 2.05) is 0 Å². The molecule has 0 bridgehead atoms. The van der Waals surface area contributed by atoms with Gasteiger partial charge in [0.05, 0.1) is 15.5 Å². The van der Waals surface area contributed by atoms with Crippen LogP contribution in [0.2, 0.25) is 10.0 Å². The van der Waals surface area contributed by atoms with Gasteiger partial charge in [0.25, 0.3) is 0 Å². The van der Waals surface area contributed by atoms with Crippen molar-refractivity contribution in [1.82, 2.24) is 4.31 Å². The fraction of sp³-hybridized carbons (Fsp3) is 0.409. The quantitative estimate of drug-likeness (QED) is 0.412. The highest BCUT2D eigenvalue weighted by Gasteiger charge is 2.31. The summed E-state index contributed by atoms with van der Waals surface area (Å²) in [6, 6.07) is 10.7. The summed E-state index contributed by atoms with van der Waals surface area (Å²) in [6.07, 6.45) is 1.02. The molecular weight excluding hydrogens is 461 g/mol. The molecule has 0 aliphatic carbocycles. The topological polar surface area (TPSA) is 72.9 Å². The average molecular weight is 486 g/mol. The minimum atomic E-state index is -3.59. The first-order valence-corrected chi connectivity index (χ1v) is 12.2. The number of nitrogens with zero attached hydrogens (tertiary/aromatic N) is 1. The van der Waals surface area contributed by atoms with Crippen LogP contribution in [-0.4, -0.2) is 45.0 Å². The monoisotopic (exact) mass is 485 g/mol. The van der Waals surface area contributed by atoms with Gasteiger partial charge in [-0.05, 0) is 60.7 Å². The molecule has 31 heavy (non-hydrogen) atoms. The van der Waals surface area contributed by atoms with Crippen LogP contribution in [0.4, 0.5) is 0 Å². The number of hydrogen-bond acceptors (Lipinski definition) is 5. The average Bonchev–Trinajstić information content (AvgIpc) is 2.71. The van der Waals surface area contributed by atoms with Crippen molar-refractivity contribution in [3.63, 3.8) is 0 Å². The van der Waals surface area contributed by atoms with Gasteiger partial charge >= 0.3 is 5.97 Å². The Balaban J connectivity index is 1.55. The molecule has 9 heteroatoms. The van der Waals surface area contributed by atoms with Crippen LogP contribution in [0.1, 0.15) is 30.6 Å². The van der Waals surface area contributed by atoms with E-state index in [9.17, 15) is 13.2 Å². The summed E-state index contributed by atoms with van der Waals surface area (Å²) in [7, 11) is -3.59. The van der Waals surface area contributed by atoms with E-state index < -0.39 is 16.0 Å². The van der Waals surface area contributed by atoms with E-state index in [1.54, 1.807) is 18.2 Å². The lowest BCUT2D eigenvalue weighted by molar-refractivity contribution is 0.0450. The number of carbonyl (C=O) groups excluding carboxylic acids is 1. The minimum absolute atomic E-state index is 0.0153. The van der Waals surface area contributed by atoms with Gasteiger partial charge in [-0.25, -0.2) is 13.2 Å². The molecule has 2 aromatic carbocycles. The Morgan fingerprint density at radius 2 is 1.68 bits per heavy atom. The van der Waals surface area contributed by atoms with Gasteiger partial charge in [-0.1, -0.05) is 37.0 Å². The SMILES string of the molecule is CC1CC(C)CN(S(=O)(=O)c2ccc(C(=O)OCCOc3ccc(Cl)cc3Cl)cc2)C1. The van der Waals surface area contributed by atoms with E-state index in [2.05, 4.69) is 13.8 Å². The van der Waals surface area contributed by atoms with E-state index in [-0.39, 0.29) is 23.7 Å². The zero-order valence-electron chi connectivity index (χ0n) is 17.4. The van der Waals surface area contributed by atoms with Crippen LogP contribution >= 0.6 is 23.2 Å². The van der Waals surface area contributed by atoms with Crippen molar-refractivity contribution in [2.45, 2.75) is 25.2 Å². The predicted molar refractivity (Wildman–Crippen MR) is 120 cm³/mol. The van der Waals surface area contributed by atoms with Gasteiger partial charge in [0.1, 0.15) is 19.0 Å². The number of benzene rings is 2. The van der Waals surface area contributed by atoms with E-state index in [1.165, 1.54) is 28.6 Å². The summed E-state index contributed by atoms with van der Waals surface area (Å²) in [5.74, 6) is 0.517. The molecule has 1 saturated heterocycles. The highest BCUT2D eigenvalue weighted by Crippen LogP contribution is 2.28. The zero-order chi connectivity index (χ0) is 22.6. The molecule has 2 unspecified atom stereocenters. The Bertz CT molecular complexity index is 1020. The second kappa shape index (κ2) is 10.2. The molecule has 2 aromatic rings. The summed E-state index contributed by atoms with van der Waals surface area (Å²) in [6.45, 7) is 5.26. The second-order valence-electron chi connectivity index (χ2n) is 7.85. The lowest BCUT2D eigenvalue weighted by atomic mass is 9.94. The number of halogens is 2. The van der Waals surface area contributed by atoms with Crippen LogP contribution < -0.4 is 4.74 Å². The van der Waals surface area contributed by atoms with E-state index >= 15 is 0 Å². The molecule has 0 aromatic heterocycles. The molecular formula is C22H25Cl2NO5S. The maximum atomic E-state index is 12.9. The molecule has 0 amide bonds. The van der Waals surface area contributed by atoms with Crippen LogP contribution in [0.15, 0.2) is 47.4 Å². The summed E-state index contributed by atoms with van der Waals surface area (Å²) in [5, 5.41) is 0.867. The van der Waals surface area contributed by atoms with Crippen molar-refractivity contribution in [2.75, 3.05) is 26.3 Å². The number of carbonyl (C=O) groups is 1. The molecule has 0 spiro atoms. The first-order valence-electron chi connectivity index (χ1n) is 10.0. The van der Waals surface area contributed by atoms with Gasteiger partial charge in [0, 0.05) is 18.1 Å². The molecule has 1 heterocycles. The summed E-state index contributed by atoms with van der Waals surface area (Å²) >= 11 is 11.9. The van der Waals surface area contributed by atoms with Gasteiger partial charge in [0.15, 0.2) is 0 Å². The molecule has 3 rings (SSSR count). The summed E-state index contributed by atoms with van der Waals surface area (Å²) < 4.78 is 38.0. The van der Waals surface area contributed by atoms with Crippen LogP contribution in [0.5, 0.6) is 5.75 Å². The van der Waals surface area contributed by atoms with Crippen LogP contribution in [0, 0.1) is 11.8 Å². The van der Waals surface area contributed by atoms with Gasteiger partial charge in [-0.3, -0.25) is 0 Å². The van der Waals surface area contributed by atoms with E-state index in [0.717, 1.165) is 6.42 Å². The van der Waals surface area contributed by atoms with Gasteiger partial charge in [-0.15, -0.1) is 0 Å². The summed E-state index contributed by atoms with van der Waals surface area (Å²) in [5.41, 5.74) is 0.267. The van der Waals surface area contributed by atoms with Crippen LogP contribution in [0.3, 0.4) is 0 Å². The van der Waals surface area contributed by atoms with Gasteiger partial charge < -0.3 is 9.47 Å². The Hall–Kier alpha value is -1.80. The largest absolute Gasteiger partial charge is 0.488 e. The fourth-order valence-electron chi connectivity index (χ4n) is 3.68. The van der Waals surface area contributed by atoms with Crippen molar-refractivity contribution in [3.8, 4) is 5.75 Å². The fourth-order valence-corrected chi connectivity index (χ4v) is 5.82. The lowest BCUT2D eigenvalue weighted by Gasteiger charge is -2.34. The third kappa shape index (κ3) is 6.13. The maximum Gasteiger partial charge on any atom is 0.338 e. The Labute approximate surface area is 193 Å². The first-order chi connectivity index (χ1) is 14.7. The highest BCUT2D eigenvalue weighted by molar-refractivity contribution is 7.89. The van der Waals surface area contributed by atoms with Crippen molar-refractivity contribution in [3.05, 3.63) is 58.1 Å². The van der Waals surface area contributed by atoms with E-state index in [0.29, 0.717) is 40.7 Å². The maximum absolute atomic E-state index is 12.9. The molecule has 1 aliphatic heterocycles. The number of rotatable bonds is 7. The predicted octanol–water partition coefficient (Wildman–Crippen LogP) is 4.90. The smallest absolute Gasteiger partial charge is 0.338 e. The van der Waals surface area contributed by atoms with Gasteiger partial charge in [0.2, 0.25) is 10.0 Å². The number of esters is 1. The van der Waals surface area contributed by atoms with Crippen molar-refractivity contribution < 1.29 is 22.7 Å². The van der Waals surface area contributed by atoms with Crippen molar-refractivity contribution in [2.24, 2.45) is 11.8 Å². The Kier molecular flexibility index (Phi) is 7.86. The minimum Gasteiger partial charge on any atom is -0.488 e. The van der Waals surface area contributed by atoms with Crippen LogP contribution in [-0.2, 0) is 14.8 Å². The second-order valence-corrected chi connectivity index (χ2v) is 10.6. The molecule has 1 fully saturated rings. The normalized spacial score (nSPS) is 19.7. The highest BCUT2D eigenvalue weighted by atomic mass is 35.5. The van der Waals surface area contributed by atoms with Crippen molar-refractivity contribution in [1.29, 1.82) is 0 Å². The first kappa shape index (κ1) is 23.9. The molecule has 0 radical (unpaired) electrons. The number of sulfonamides is 1. The van der Waals surface area contributed by atoms with Crippen LogP contribution in [0.25, 0.3) is 0 Å². The molecule has 0 N–H and O–H groups in total. The Morgan fingerprint density at radius 1 is 1.03 bits per heavy atom.